The third kappa shape index (κ3) is 5.32. The van der Waals surface area contributed by atoms with Crippen LogP contribution in [0.4, 0.5) is 11.4 Å². The van der Waals surface area contributed by atoms with Crippen molar-refractivity contribution in [3.63, 3.8) is 0 Å². The van der Waals surface area contributed by atoms with Crippen molar-refractivity contribution in [2.45, 2.75) is 38.0 Å². The number of nitrogens with zero attached hydrogens (tertiary/aromatic N) is 1. The minimum Gasteiger partial charge on any atom is -0.324 e. The molecule has 0 saturated heterocycles. The summed E-state index contributed by atoms with van der Waals surface area (Å²) in [5.74, 6) is 0.0998. The van der Waals surface area contributed by atoms with Crippen LogP contribution in [0.15, 0.2) is 45.8 Å². The molecule has 0 unspecified atom stereocenters. The van der Waals surface area contributed by atoms with E-state index in [1.165, 1.54) is 35.5 Å². The minimum atomic E-state index is -0.475. The van der Waals surface area contributed by atoms with Gasteiger partial charge in [0.2, 0.25) is 5.91 Å². The number of carbonyl (C=O) groups excluding carboxylic acids is 1. The molecule has 1 N–H and O–H groups in total. The number of nitrogens with one attached hydrogen (secondary N) is 1. The predicted molar refractivity (Wildman–Crippen MR) is 110 cm³/mol. The van der Waals surface area contributed by atoms with E-state index in [1.54, 1.807) is 0 Å². The van der Waals surface area contributed by atoms with Gasteiger partial charge in [0.1, 0.15) is 0 Å². The van der Waals surface area contributed by atoms with Gasteiger partial charge in [-0.15, -0.1) is 11.8 Å². The number of amides is 1. The van der Waals surface area contributed by atoms with Gasteiger partial charge in [-0.3, -0.25) is 14.9 Å². The van der Waals surface area contributed by atoms with Gasteiger partial charge in [-0.2, -0.15) is 0 Å². The Bertz CT molecular complexity index is 847. The Morgan fingerprint density at radius 2 is 1.92 bits per heavy atom. The Kier molecular flexibility index (Phi) is 6.47. The summed E-state index contributed by atoms with van der Waals surface area (Å²) in [4.78, 5) is 23.6. The van der Waals surface area contributed by atoms with Crippen LogP contribution in [-0.2, 0) is 10.2 Å². The largest absolute Gasteiger partial charge is 0.324 e. The van der Waals surface area contributed by atoms with E-state index in [9.17, 15) is 14.9 Å². The van der Waals surface area contributed by atoms with Gasteiger partial charge in [0, 0.05) is 21.5 Å². The first-order valence-corrected chi connectivity index (χ1v) is 9.83. The Morgan fingerprint density at radius 1 is 1.23 bits per heavy atom. The lowest BCUT2D eigenvalue weighted by atomic mass is 9.87. The molecule has 26 heavy (non-hydrogen) atoms. The van der Waals surface area contributed by atoms with Crippen molar-refractivity contribution in [1.82, 2.24) is 0 Å². The fourth-order valence-corrected chi connectivity index (χ4v) is 3.60. The fraction of sp³-hybridized carbons (Fsp3) is 0.316. The third-order valence-corrected chi connectivity index (χ3v) is 5.66. The number of halogens is 1. The minimum absolute atomic E-state index is 0.0288. The number of rotatable bonds is 5. The van der Waals surface area contributed by atoms with Gasteiger partial charge in [0.05, 0.1) is 16.4 Å². The molecule has 0 atom stereocenters. The highest BCUT2D eigenvalue weighted by atomic mass is 79.9. The first kappa shape index (κ1) is 20.5. The molecule has 0 saturated carbocycles. The van der Waals surface area contributed by atoms with Crippen LogP contribution < -0.4 is 5.32 Å². The number of anilines is 1. The number of carbonyl (C=O) groups is 1. The van der Waals surface area contributed by atoms with Crippen LogP contribution in [0, 0.1) is 17.0 Å². The van der Waals surface area contributed by atoms with Gasteiger partial charge in [-0.25, -0.2) is 0 Å². The number of nitro groups is 1. The third-order valence-electron chi connectivity index (χ3n) is 3.85. The first-order valence-electron chi connectivity index (χ1n) is 8.05. The van der Waals surface area contributed by atoms with Gasteiger partial charge < -0.3 is 5.32 Å². The molecule has 7 heteroatoms. The maximum atomic E-state index is 12.3. The van der Waals surface area contributed by atoms with E-state index in [1.807, 2.05) is 6.92 Å². The number of thioether (sulfide) groups is 1. The Hall–Kier alpha value is -1.86. The quantitative estimate of drug-likeness (QED) is 0.370. The zero-order chi connectivity index (χ0) is 19.5. The van der Waals surface area contributed by atoms with E-state index in [-0.39, 0.29) is 22.8 Å². The summed E-state index contributed by atoms with van der Waals surface area (Å²) in [6.07, 6.45) is 0. The molecule has 2 aromatic carbocycles. The van der Waals surface area contributed by atoms with Crippen molar-refractivity contribution in [2.75, 3.05) is 11.1 Å². The summed E-state index contributed by atoms with van der Waals surface area (Å²) in [5, 5.41) is 13.6. The van der Waals surface area contributed by atoms with E-state index in [2.05, 4.69) is 60.2 Å². The molecule has 0 aromatic heterocycles. The molecule has 1 amide bonds. The smallest absolute Gasteiger partial charge is 0.270 e. The van der Waals surface area contributed by atoms with Crippen molar-refractivity contribution in [3.8, 4) is 0 Å². The summed E-state index contributed by atoms with van der Waals surface area (Å²) >= 11 is 4.74. The lowest BCUT2D eigenvalue weighted by molar-refractivity contribution is -0.384. The maximum absolute atomic E-state index is 12.3. The molecule has 5 nitrogen and oxygen atoms in total. The SMILES string of the molecule is Cc1ccc(C(C)(C)C)cc1SCC(=O)Nc1ccc([N+](=O)[O-])cc1Br. The summed E-state index contributed by atoms with van der Waals surface area (Å²) < 4.78 is 0.482. The van der Waals surface area contributed by atoms with Crippen molar-refractivity contribution in [1.29, 1.82) is 0 Å². The van der Waals surface area contributed by atoms with Crippen molar-refractivity contribution in [2.24, 2.45) is 0 Å². The Morgan fingerprint density at radius 3 is 2.50 bits per heavy atom. The molecule has 0 spiro atoms. The molecule has 0 aliphatic carbocycles. The second-order valence-corrected chi connectivity index (χ2v) is 8.86. The standard InChI is InChI=1S/C19H21BrN2O3S/c1-12-5-6-13(19(2,3)4)9-17(12)26-11-18(23)21-16-8-7-14(22(24)25)10-15(16)20/h5-10H,11H2,1-4H3,(H,21,23). The van der Waals surface area contributed by atoms with Crippen LogP contribution in [-0.4, -0.2) is 16.6 Å². The number of benzene rings is 2. The summed E-state index contributed by atoms with van der Waals surface area (Å²) in [7, 11) is 0. The topological polar surface area (TPSA) is 72.2 Å². The average Bonchev–Trinajstić information content (AvgIpc) is 2.54. The molecule has 0 radical (unpaired) electrons. The highest BCUT2D eigenvalue weighted by molar-refractivity contribution is 9.10. The number of hydrogen-bond donors (Lipinski definition) is 1. The molecular weight excluding hydrogens is 416 g/mol. The van der Waals surface area contributed by atoms with Crippen molar-refractivity contribution >= 4 is 45.0 Å². The normalized spacial score (nSPS) is 11.3. The number of aryl methyl sites for hydroxylation is 1. The van der Waals surface area contributed by atoms with Gasteiger partial charge in [0.15, 0.2) is 0 Å². The van der Waals surface area contributed by atoms with E-state index < -0.39 is 4.92 Å². The molecule has 138 valence electrons. The molecule has 0 fully saturated rings. The molecule has 2 rings (SSSR count). The van der Waals surface area contributed by atoms with Crippen LogP contribution in [0.5, 0.6) is 0 Å². The van der Waals surface area contributed by atoms with Gasteiger partial charge in [0.25, 0.3) is 5.69 Å². The van der Waals surface area contributed by atoms with E-state index in [0.29, 0.717) is 10.2 Å². The predicted octanol–water partition coefficient (Wildman–Crippen LogP) is 5.69. The lowest BCUT2D eigenvalue weighted by Gasteiger charge is -2.20. The summed E-state index contributed by atoms with van der Waals surface area (Å²) in [6, 6.07) is 10.6. The lowest BCUT2D eigenvalue weighted by Crippen LogP contribution is -2.15. The number of non-ortho nitro benzene ring substituents is 1. The van der Waals surface area contributed by atoms with Crippen LogP contribution >= 0.6 is 27.7 Å². The second kappa shape index (κ2) is 8.22. The first-order chi connectivity index (χ1) is 12.1. The monoisotopic (exact) mass is 436 g/mol. The zero-order valence-electron chi connectivity index (χ0n) is 15.1. The van der Waals surface area contributed by atoms with Crippen LogP contribution in [0.25, 0.3) is 0 Å². The van der Waals surface area contributed by atoms with Gasteiger partial charge in [-0.1, -0.05) is 32.9 Å². The van der Waals surface area contributed by atoms with Gasteiger partial charge >= 0.3 is 0 Å². The summed E-state index contributed by atoms with van der Waals surface area (Å²) in [6.45, 7) is 8.50. The van der Waals surface area contributed by atoms with E-state index in [4.69, 9.17) is 0 Å². The van der Waals surface area contributed by atoms with Crippen LogP contribution in [0.2, 0.25) is 0 Å². The average molecular weight is 437 g/mol. The highest BCUT2D eigenvalue weighted by Crippen LogP contribution is 2.31. The number of hydrogen-bond acceptors (Lipinski definition) is 4. The van der Waals surface area contributed by atoms with Crippen molar-refractivity contribution < 1.29 is 9.72 Å². The molecule has 0 bridgehead atoms. The zero-order valence-corrected chi connectivity index (χ0v) is 17.5. The summed E-state index contributed by atoms with van der Waals surface area (Å²) in [5.41, 5.74) is 2.89. The molecule has 2 aromatic rings. The second-order valence-electron chi connectivity index (χ2n) is 6.99. The van der Waals surface area contributed by atoms with Crippen molar-refractivity contribution in [3.05, 3.63) is 62.1 Å². The van der Waals surface area contributed by atoms with Crippen LogP contribution in [0.3, 0.4) is 0 Å². The van der Waals surface area contributed by atoms with E-state index >= 15 is 0 Å². The van der Waals surface area contributed by atoms with Crippen LogP contribution in [0.1, 0.15) is 31.9 Å². The van der Waals surface area contributed by atoms with Gasteiger partial charge in [-0.05, 0) is 51.5 Å². The molecule has 0 aliphatic rings. The Labute approximate surface area is 165 Å². The number of nitro benzene ring substituents is 1. The van der Waals surface area contributed by atoms with E-state index in [0.717, 1.165) is 10.5 Å². The molecule has 0 heterocycles. The molecular formula is C19H21BrN2O3S. The Balaban J connectivity index is 2.04. The highest BCUT2D eigenvalue weighted by Gasteiger charge is 2.16. The molecule has 0 aliphatic heterocycles. The fourth-order valence-electron chi connectivity index (χ4n) is 2.27. The maximum Gasteiger partial charge on any atom is 0.270 e.